The Bertz CT molecular complexity index is 1630. The number of imidazole rings is 1. The van der Waals surface area contributed by atoms with Gasteiger partial charge in [-0.05, 0) is 51.0 Å². The van der Waals surface area contributed by atoms with Crippen molar-refractivity contribution in [2.75, 3.05) is 25.6 Å². The van der Waals surface area contributed by atoms with Crippen LogP contribution in [0.2, 0.25) is 0 Å². The van der Waals surface area contributed by atoms with Gasteiger partial charge in [0.05, 0.1) is 49.1 Å². The summed E-state index contributed by atoms with van der Waals surface area (Å²) in [6.45, 7) is 8.59. The van der Waals surface area contributed by atoms with Gasteiger partial charge in [0.25, 0.3) is 0 Å². The van der Waals surface area contributed by atoms with Gasteiger partial charge in [-0.2, -0.15) is 18.3 Å². The van der Waals surface area contributed by atoms with E-state index in [1.165, 1.54) is 10.7 Å². The number of anilines is 1. The molecule has 1 fully saturated rings. The van der Waals surface area contributed by atoms with Crippen molar-refractivity contribution in [3.05, 3.63) is 65.5 Å². The number of hydrogen-bond donors (Lipinski definition) is 2. The van der Waals surface area contributed by atoms with E-state index in [9.17, 15) is 18.0 Å². The molecule has 1 aromatic carbocycles. The quantitative estimate of drug-likeness (QED) is 0.256. The third kappa shape index (κ3) is 6.57. The van der Waals surface area contributed by atoms with Gasteiger partial charge < -0.3 is 25.3 Å². The first kappa shape index (κ1) is 30.2. The molecular weight excluding hydrogens is 565 g/mol. The molecule has 13 heteroatoms. The molecule has 4 heterocycles. The van der Waals surface area contributed by atoms with Gasteiger partial charge in [-0.1, -0.05) is 31.2 Å². The first-order valence-corrected chi connectivity index (χ1v) is 13.7. The highest BCUT2D eigenvalue weighted by molar-refractivity contribution is 5.70. The lowest BCUT2D eigenvalue weighted by Gasteiger charge is -2.41. The predicted octanol–water partition coefficient (Wildman–Crippen LogP) is 5.57. The minimum atomic E-state index is -4.65. The number of hydrogen-bond acceptors (Lipinski definition) is 8. The van der Waals surface area contributed by atoms with E-state index in [0.717, 1.165) is 17.2 Å². The third-order valence-electron chi connectivity index (χ3n) is 7.39. The molecule has 1 aliphatic heterocycles. The fourth-order valence-electron chi connectivity index (χ4n) is 4.60. The fourth-order valence-corrected chi connectivity index (χ4v) is 4.60. The maximum absolute atomic E-state index is 13.5. The van der Waals surface area contributed by atoms with Crippen molar-refractivity contribution in [2.45, 2.75) is 58.0 Å². The number of nitrogens with two attached hydrogens (primary N) is 1. The van der Waals surface area contributed by atoms with Crippen LogP contribution in [0.3, 0.4) is 0 Å². The number of benzene rings is 1. The zero-order valence-corrected chi connectivity index (χ0v) is 24.3. The van der Waals surface area contributed by atoms with Crippen molar-refractivity contribution < 1.29 is 32.2 Å². The second-order valence-electron chi connectivity index (χ2n) is 11.3. The lowest BCUT2D eigenvalue weighted by atomic mass is 9.99. The Hall–Kier alpha value is -4.23. The Kier molecular flexibility index (Phi) is 8.05. The normalized spacial score (nSPS) is 14.9. The molecule has 0 atom stereocenters. The molecule has 0 radical (unpaired) electrons. The van der Waals surface area contributed by atoms with Gasteiger partial charge >= 0.3 is 12.3 Å². The van der Waals surface area contributed by atoms with Crippen molar-refractivity contribution in [3.63, 3.8) is 0 Å². The number of nitrogens with one attached hydrogen (secondary N) is 1. The number of aromatic nitrogens is 4. The zero-order chi connectivity index (χ0) is 31.0. The van der Waals surface area contributed by atoms with E-state index < -0.39 is 34.8 Å². The number of rotatable bonds is 9. The molecule has 0 unspecified atom stereocenters. The maximum Gasteiger partial charge on any atom is 0.419 e. The van der Waals surface area contributed by atoms with E-state index in [1.54, 1.807) is 19.1 Å². The molecule has 3 N–H and O–H groups in total. The summed E-state index contributed by atoms with van der Waals surface area (Å²) in [5, 5.41) is 7.57. The smallest absolute Gasteiger partial charge is 0.419 e. The van der Waals surface area contributed by atoms with Crippen molar-refractivity contribution in [2.24, 2.45) is 0 Å². The van der Waals surface area contributed by atoms with Gasteiger partial charge in [0, 0.05) is 17.3 Å². The molecule has 4 aromatic rings. The highest BCUT2D eigenvalue weighted by Crippen LogP contribution is 2.36. The number of pyridine rings is 1. The minimum Gasteiger partial charge on any atom is -0.444 e. The van der Waals surface area contributed by atoms with Gasteiger partial charge in [0.1, 0.15) is 17.0 Å². The number of alkyl halides is 3. The number of halogens is 3. The molecule has 3 aromatic heterocycles. The molecular formula is C30H33F3N6O4. The van der Waals surface area contributed by atoms with Crippen LogP contribution in [0.5, 0.6) is 0 Å². The first-order valence-electron chi connectivity index (χ1n) is 13.7. The van der Waals surface area contributed by atoms with E-state index >= 15 is 0 Å². The molecule has 1 amide bonds. The Morgan fingerprint density at radius 2 is 1.86 bits per heavy atom. The van der Waals surface area contributed by atoms with Gasteiger partial charge in [0.2, 0.25) is 0 Å². The Labute approximate surface area is 246 Å². The van der Waals surface area contributed by atoms with Crippen LogP contribution in [0, 0.1) is 6.92 Å². The number of nitrogen functional groups attached to an aromatic ring is 1. The van der Waals surface area contributed by atoms with E-state index in [-0.39, 0.29) is 12.2 Å². The second-order valence-corrected chi connectivity index (χ2v) is 11.3. The average Bonchev–Trinajstić information content (AvgIpc) is 3.26. The van der Waals surface area contributed by atoms with Gasteiger partial charge in [-0.25, -0.2) is 19.3 Å². The van der Waals surface area contributed by atoms with E-state index in [2.05, 4.69) is 20.4 Å². The maximum atomic E-state index is 13.5. The van der Waals surface area contributed by atoms with Crippen LogP contribution in [0.25, 0.3) is 28.2 Å². The summed E-state index contributed by atoms with van der Waals surface area (Å²) in [5.41, 5.74) is 7.15. The van der Waals surface area contributed by atoms with Crippen LogP contribution in [-0.4, -0.2) is 56.6 Å². The van der Waals surface area contributed by atoms with Crippen LogP contribution in [0.15, 0.2) is 48.7 Å². The number of alkyl carbamates (subject to hydrolysis) is 1. The van der Waals surface area contributed by atoms with Crippen LogP contribution < -0.4 is 11.1 Å². The third-order valence-corrected chi connectivity index (χ3v) is 7.39. The van der Waals surface area contributed by atoms with E-state index in [4.69, 9.17) is 19.9 Å². The monoisotopic (exact) mass is 598 g/mol. The topological polar surface area (TPSA) is 126 Å². The summed E-state index contributed by atoms with van der Waals surface area (Å²) in [5.74, 6) is -0.591. The van der Waals surface area contributed by atoms with Crippen molar-refractivity contribution >= 4 is 17.6 Å². The van der Waals surface area contributed by atoms with E-state index in [1.807, 2.05) is 45.0 Å². The summed E-state index contributed by atoms with van der Waals surface area (Å²) in [4.78, 5) is 20.6. The highest BCUT2D eigenvalue weighted by atomic mass is 19.4. The Morgan fingerprint density at radius 3 is 2.49 bits per heavy atom. The standard InChI is InChI=1S/C30H33F3N6O4/c1-5-28(3,4)43-27(40)37-29(16-42-17-29)15-41-14-19-6-8-20(9-7-19)23-10-11-24-36-18(2)25(39(24)38-23)21-12-22(30(31,32)33)26(34)35-13-21/h6-13H,5,14-17H2,1-4H3,(H2,34,35)(H,37,40). The number of aryl methyl sites for hydroxylation is 1. The number of ether oxygens (including phenoxy) is 3. The summed E-state index contributed by atoms with van der Waals surface area (Å²) < 4.78 is 58.7. The average molecular weight is 599 g/mol. The van der Waals surface area contributed by atoms with Crippen molar-refractivity contribution in [1.29, 1.82) is 0 Å². The number of nitrogens with zero attached hydrogens (tertiary/aromatic N) is 4. The molecule has 10 nitrogen and oxygen atoms in total. The lowest BCUT2D eigenvalue weighted by molar-refractivity contribution is -0.137. The molecule has 0 spiro atoms. The second kappa shape index (κ2) is 11.5. The number of carbonyl (C=O) groups is 1. The molecule has 5 rings (SSSR count). The van der Waals surface area contributed by atoms with Crippen molar-refractivity contribution in [1.82, 2.24) is 24.9 Å². The van der Waals surface area contributed by atoms with Crippen LogP contribution in [0.4, 0.5) is 23.8 Å². The molecule has 43 heavy (non-hydrogen) atoms. The highest BCUT2D eigenvalue weighted by Gasteiger charge is 2.42. The molecule has 228 valence electrons. The number of carbonyl (C=O) groups excluding carboxylic acids is 1. The molecule has 0 aliphatic carbocycles. The molecule has 0 saturated carbocycles. The van der Waals surface area contributed by atoms with Crippen LogP contribution in [0.1, 0.15) is 44.0 Å². The Balaban J connectivity index is 1.28. The zero-order valence-electron chi connectivity index (χ0n) is 24.3. The van der Waals surface area contributed by atoms with Crippen LogP contribution >= 0.6 is 0 Å². The summed E-state index contributed by atoms with van der Waals surface area (Å²) in [7, 11) is 0. The first-order chi connectivity index (χ1) is 20.3. The van der Waals surface area contributed by atoms with Gasteiger partial charge in [-0.3, -0.25) is 0 Å². The number of fused-ring (bicyclic) bond motifs is 1. The fraction of sp³-hybridized carbons (Fsp3) is 0.400. The van der Waals surface area contributed by atoms with Crippen LogP contribution in [-0.2, 0) is 27.0 Å². The summed E-state index contributed by atoms with van der Waals surface area (Å²) in [6.07, 6.45) is -3.18. The lowest BCUT2D eigenvalue weighted by Crippen LogP contribution is -2.65. The number of amides is 1. The van der Waals surface area contributed by atoms with Crippen molar-refractivity contribution in [3.8, 4) is 22.5 Å². The largest absolute Gasteiger partial charge is 0.444 e. The van der Waals surface area contributed by atoms with Gasteiger partial charge in [-0.15, -0.1) is 0 Å². The molecule has 0 bridgehead atoms. The molecule has 1 saturated heterocycles. The molecule has 1 aliphatic rings. The SMILES string of the molecule is CCC(C)(C)OC(=O)NC1(COCc2ccc(-c3ccc4nc(C)c(-c5cnc(N)c(C(F)(F)F)c5)n4n3)cc2)COC1. The predicted molar refractivity (Wildman–Crippen MR) is 153 cm³/mol. The van der Waals surface area contributed by atoms with Gasteiger partial charge in [0.15, 0.2) is 5.65 Å². The summed E-state index contributed by atoms with van der Waals surface area (Å²) in [6, 6.07) is 12.1. The summed E-state index contributed by atoms with van der Waals surface area (Å²) >= 11 is 0. The van der Waals surface area contributed by atoms with E-state index in [0.29, 0.717) is 49.0 Å². The Morgan fingerprint density at radius 1 is 1.14 bits per heavy atom. The minimum absolute atomic E-state index is 0.204.